The number of methoxy groups -OCH3 is 1. The summed E-state index contributed by atoms with van der Waals surface area (Å²) < 4.78 is 5.34. The van der Waals surface area contributed by atoms with Crippen LogP contribution >= 0.6 is 0 Å². The second-order valence-electron chi connectivity index (χ2n) is 5.48. The van der Waals surface area contributed by atoms with Crippen molar-refractivity contribution in [1.29, 1.82) is 0 Å². The fraction of sp³-hybridized carbons (Fsp3) is 0.625. The van der Waals surface area contributed by atoms with Crippen LogP contribution in [0.5, 0.6) is 5.75 Å². The molecule has 0 saturated carbocycles. The van der Waals surface area contributed by atoms with E-state index in [2.05, 4.69) is 35.8 Å². The van der Waals surface area contributed by atoms with Crippen molar-refractivity contribution < 1.29 is 4.74 Å². The van der Waals surface area contributed by atoms with Crippen molar-refractivity contribution in [2.45, 2.75) is 32.9 Å². The maximum absolute atomic E-state index is 5.87. The van der Waals surface area contributed by atoms with Crippen LogP contribution < -0.4 is 15.4 Å². The summed E-state index contributed by atoms with van der Waals surface area (Å²) in [4.78, 5) is 5.00. The number of anilines is 1. The Labute approximate surface area is 122 Å². The second kappa shape index (κ2) is 6.95. The Bertz CT molecular complexity index is 428. The number of nitrogens with zero attached hydrogens (tertiary/aromatic N) is 2. The summed E-state index contributed by atoms with van der Waals surface area (Å²) in [6.07, 6.45) is 1.22. The standard InChI is InChI=1S/C16H27N3O/c1-4-13(2)18-7-9-19(10-8-18)16-11-15(20-3)6-5-14(16)12-17/h5-6,11,13H,4,7-10,12,17H2,1-3H3. The van der Waals surface area contributed by atoms with E-state index in [1.165, 1.54) is 17.7 Å². The SMILES string of the molecule is CCC(C)N1CCN(c2cc(OC)ccc2CN)CC1. The summed E-state index contributed by atoms with van der Waals surface area (Å²) in [6.45, 7) is 9.50. The Hall–Kier alpha value is -1.26. The molecule has 1 atom stereocenters. The van der Waals surface area contributed by atoms with E-state index in [4.69, 9.17) is 10.5 Å². The first-order chi connectivity index (χ1) is 9.69. The van der Waals surface area contributed by atoms with Gasteiger partial charge in [0.25, 0.3) is 0 Å². The quantitative estimate of drug-likeness (QED) is 0.894. The highest BCUT2D eigenvalue weighted by Crippen LogP contribution is 2.27. The smallest absolute Gasteiger partial charge is 0.120 e. The third-order valence-electron chi connectivity index (χ3n) is 4.38. The molecule has 0 radical (unpaired) electrons. The van der Waals surface area contributed by atoms with E-state index < -0.39 is 0 Å². The van der Waals surface area contributed by atoms with Crippen LogP contribution in [0.1, 0.15) is 25.8 Å². The molecule has 1 aliphatic heterocycles. The lowest BCUT2D eigenvalue weighted by molar-refractivity contribution is 0.192. The minimum absolute atomic E-state index is 0.574. The van der Waals surface area contributed by atoms with Crippen LogP contribution in [0.2, 0.25) is 0 Å². The third kappa shape index (κ3) is 3.25. The first-order valence-corrected chi connectivity index (χ1v) is 7.55. The van der Waals surface area contributed by atoms with Crippen LogP contribution in [-0.2, 0) is 6.54 Å². The molecule has 1 fully saturated rings. The molecule has 2 N–H and O–H groups in total. The highest BCUT2D eigenvalue weighted by atomic mass is 16.5. The molecule has 4 heteroatoms. The largest absolute Gasteiger partial charge is 0.497 e. The summed E-state index contributed by atoms with van der Waals surface area (Å²) in [5.74, 6) is 0.904. The lowest BCUT2D eigenvalue weighted by atomic mass is 10.1. The summed E-state index contributed by atoms with van der Waals surface area (Å²) in [5, 5.41) is 0. The Kier molecular flexibility index (Phi) is 5.26. The first kappa shape index (κ1) is 15.1. The Morgan fingerprint density at radius 1 is 1.25 bits per heavy atom. The predicted molar refractivity (Wildman–Crippen MR) is 84.4 cm³/mol. The zero-order valence-electron chi connectivity index (χ0n) is 12.9. The minimum atomic E-state index is 0.574. The molecule has 0 amide bonds. The minimum Gasteiger partial charge on any atom is -0.497 e. The van der Waals surface area contributed by atoms with Crippen LogP contribution in [0.4, 0.5) is 5.69 Å². The van der Waals surface area contributed by atoms with Crippen LogP contribution in [0.15, 0.2) is 18.2 Å². The van der Waals surface area contributed by atoms with E-state index in [0.717, 1.165) is 31.9 Å². The maximum Gasteiger partial charge on any atom is 0.120 e. The van der Waals surface area contributed by atoms with Crippen molar-refractivity contribution in [3.05, 3.63) is 23.8 Å². The fourth-order valence-electron chi connectivity index (χ4n) is 2.80. The lowest BCUT2D eigenvalue weighted by Crippen LogP contribution is -2.49. The molecule has 0 spiro atoms. The summed E-state index contributed by atoms with van der Waals surface area (Å²) >= 11 is 0. The van der Waals surface area contributed by atoms with Crippen molar-refractivity contribution in [2.24, 2.45) is 5.73 Å². The lowest BCUT2D eigenvalue weighted by Gasteiger charge is -2.39. The average molecular weight is 277 g/mol. The number of benzene rings is 1. The highest BCUT2D eigenvalue weighted by Gasteiger charge is 2.21. The number of hydrogen-bond donors (Lipinski definition) is 1. The zero-order valence-corrected chi connectivity index (χ0v) is 12.9. The highest BCUT2D eigenvalue weighted by molar-refractivity contribution is 5.57. The molecule has 1 aromatic carbocycles. The van der Waals surface area contributed by atoms with Gasteiger partial charge in [-0.3, -0.25) is 4.90 Å². The van der Waals surface area contributed by atoms with Gasteiger partial charge in [0, 0.05) is 50.5 Å². The van der Waals surface area contributed by atoms with Crippen LogP contribution in [-0.4, -0.2) is 44.2 Å². The van der Waals surface area contributed by atoms with E-state index in [-0.39, 0.29) is 0 Å². The molecule has 1 unspecified atom stereocenters. The van der Waals surface area contributed by atoms with Crippen molar-refractivity contribution >= 4 is 5.69 Å². The Morgan fingerprint density at radius 3 is 2.50 bits per heavy atom. The van der Waals surface area contributed by atoms with Gasteiger partial charge in [-0.25, -0.2) is 0 Å². The van der Waals surface area contributed by atoms with Gasteiger partial charge in [0.1, 0.15) is 5.75 Å². The van der Waals surface area contributed by atoms with E-state index >= 15 is 0 Å². The maximum atomic E-state index is 5.87. The Morgan fingerprint density at radius 2 is 1.95 bits per heavy atom. The van der Waals surface area contributed by atoms with Crippen molar-refractivity contribution in [1.82, 2.24) is 4.90 Å². The van der Waals surface area contributed by atoms with Crippen LogP contribution in [0.25, 0.3) is 0 Å². The van der Waals surface area contributed by atoms with Gasteiger partial charge in [-0.15, -0.1) is 0 Å². The number of nitrogens with two attached hydrogens (primary N) is 1. The van der Waals surface area contributed by atoms with Crippen LogP contribution in [0.3, 0.4) is 0 Å². The van der Waals surface area contributed by atoms with Crippen molar-refractivity contribution in [3.63, 3.8) is 0 Å². The van der Waals surface area contributed by atoms with E-state index in [1.54, 1.807) is 7.11 Å². The number of piperazine rings is 1. The first-order valence-electron chi connectivity index (χ1n) is 7.55. The van der Waals surface area contributed by atoms with Gasteiger partial charge in [-0.1, -0.05) is 13.0 Å². The van der Waals surface area contributed by atoms with Gasteiger partial charge in [0.05, 0.1) is 7.11 Å². The van der Waals surface area contributed by atoms with Gasteiger partial charge in [-0.2, -0.15) is 0 Å². The van der Waals surface area contributed by atoms with Gasteiger partial charge >= 0.3 is 0 Å². The second-order valence-corrected chi connectivity index (χ2v) is 5.48. The monoisotopic (exact) mass is 277 g/mol. The normalized spacial score (nSPS) is 18.1. The summed E-state index contributed by atoms with van der Waals surface area (Å²) in [6, 6.07) is 6.86. The number of ether oxygens (including phenoxy) is 1. The van der Waals surface area contributed by atoms with E-state index in [1.807, 2.05) is 6.07 Å². The molecular formula is C16H27N3O. The molecule has 1 heterocycles. The van der Waals surface area contributed by atoms with Crippen molar-refractivity contribution in [2.75, 3.05) is 38.2 Å². The predicted octanol–water partition coefficient (Wildman–Crippen LogP) is 2.07. The topological polar surface area (TPSA) is 41.7 Å². The molecule has 1 aromatic rings. The fourth-order valence-corrected chi connectivity index (χ4v) is 2.80. The molecule has 0 aromatic heterocycles. The van der Waals surface area contributed by atoms with Crippen molar-refractivity contribution in [3.8, 4) is 5.75 Å². The van der Waals surface area contributed by atoms with Gasteiger partial charge in [0.2, 0.25) is 0 Å². The molecule has 1 saturated heterocycles. The average Bonchev–Trinajstić information content (AvgIpc) is 2.53. The number of hydrogen-bond acceptors (Lipinski definition) is 4. The molecule has 4 nitrogen and oxygen atoms in total. The van der Waals surface area contributed by atoms with Gasteiger partial charge in [-0.05, 0) is 25.0 Å². The molecule has 1 aliphatic rings. The number of rotatable bonds is 5. The molecular weight excluding hydrogens is 250 g/mol. The molecule has 2 rings (SSSR count). The molecule has 20 heavy (non-hydrogen) atoms. The Balaban J connectivity index is 2.09. The molecule has 0 aliphatic carbocycles. The van der Waals surface area contributed by atoms with Gasteiger partial charge < -0.3 is 15.4 Å². The van der Waals surface area contributed by atoms with Crippen LogP contribution in [0, 0.1) is 0 Å². The molecule has 0 bridgehead atoms. The summed E-state index contributed by atoms with van der Waals surface area (Å²) in [5.41, 5.74) is 8.30. The molecule has 112 valence electrons. The zero-order chi connectivity index (χ0) is 14.5. The van der Waals surface area contributed by atoms with E-state index in [0.29, 0.717) is 12.6 Å². The summed E-state index contributed by atoms with van der Waals surface area (Å²) in [7, 11) is 1.71. The third-order valence-corrected chi connectivity index (χ3v) is 4.38. The van der Waals surface area contributed by atoms with E-state index in [9.17, 15) is 0 Å². The van der Waals surface area contributed by atoms with Gasteiger partial charge in [0.15, 0.2) is 0 Å².